The Kier molecular flexibility index (Phi) is 7.55. The molecule has 0 radical (unpaired) electrons. The van der Waals surface area contributed by atoms with Crippen molar-refractivity contribution >= 4 is 17.7 Å². The van der Waals surface area contributed by atoms with Gasteiger partial charge >= 0.3 is 6.09 Å². The van der Waals surface area contributed by atoms with Crippen molar-refractivity contribution in [1.29, 1.82) is 0 Å². The molecule has 0 aromatic carbocycles. The molecule has 0 aromatic heterocycles. The molecule has 2 unspecified atom stereocenters. The fourth-order valence-corrected chi connectivity index (χ4v) is 0.915. The third-order valence-corrected chi connectivity index (χ3v) is 1.93. The van der Waals surface area contributed by atoms with Crippen LogP contribution >= 0.6 is 11.6 Å². The van der Waals surface area contributed by atoms with Crippen LogP contribution in [-0.4, -0.2) is 41.1 Å². The summed E-state index contributed by atoms with van der Waals surface area (Å²) >= 11 is 5.52. The van der Waals surface area contributed by atoms with Crippen LogP contribution in [0.5, 0.6) is 0 Å². The number of rotatable bonds is 7. The van der Waals surface area contributed by atoms with Gasteiger partial charge in [0.25, 0.3) is 0 Å². The van der Waals surface area contributed by atoms with Crippen LogP contribution in [0.1, 0.15) is 19.8 Å². The zero-order valence-corrected chi connectivity index (χ0v) is 8.83. The molecular formula is C8H16ClNO4. The molecule has 0 fully saturated rings. The summed E-state index contributed by atoms with van der Waals surface area (Å²) in [7, 11) is 0. The minimum atomic E-state index is -1.27. The van der Waals surface area contributed by atoms with Crippen molar-refractivity contribution < 1.29 is 19.7 Å². The molecule has 3 N–H and O–H groups in total. The van der Waals surface area contributed by atoms with Gasteiger partial charge in [-0.1, -0.05) is 24.9 Å². The Morgan fingerprint density at radius 2 is 2.29 bits per heavy atom. The first kappa shape index (κ1) is 13.5. The van der Waals surface area contributed by atoms with E-state index >= 15 is 0 Å². The second kappa shape index (κ2) is 7.84. The number of hydrogen-bond acceptors (Lipinski definition) is 3. The van der Waals surface area contributed by atoms with Gasteiger partial charge in [-0.15, -0.1) is 0 Å². The summed E-state index contributed by atoms with van der Waals surface area (Å²) < 4.78 is 5.07. The molecule has 0 saturated carbocycles. The van der Waals surface area contributed by atoms with Gasteiger partial charge in [0.1, 0.15) is 11.6 Å². The molecule has 84 valence electrons. The number of amides is 1. The maximum absolute atomic E-state index is 10.1. The lowest BCUT2D eigenvalue weighted by Gasteiger charge is -2.16. The van der Waals surface area contributed by atoms with E-state index in [9.17, 15) is 9.90 Å². The van der Waals surface area contributed by atoms with Crippen molar-refractivity contribution in [2.45, 2.75) is 31.4 Å². The van der Waals surface area contributed by atoms with Crippen LogP contribution in [0, 0.1) is 0 Å². The first-order valence-corrected chi connectivity index (χ1v) is 4.91. The second-order valence-corrected chi connectivity index (χ2v) is 3.32. The van der Waals surface area contributed by atoms with E-state index in [1.54, 1.807) is 0 Å². The summed E-state index contributed by atoms with van der Waals surface area (Å²) in [6.07, 6.45) is -0.373. The van der Waals surface area contributed by atoms with E-state index < -0.39 is 17.7 Å². The maximum atomic E-state index is 10.1. The van der Waals surface area contributed by atoms with Gasteiger partial charge in [0, 0.05) is 6.61 Å². The lowest BCUT2D eigenvalue weighted by Crippen LogP contribution is -2.40. The summed E-state index contributed by atoms with van der Waals surface area (Å²) in [5.74, 6) is 0. The van der Waals surface area contributed by atoms with E-state index in [0.29, 0.717) is 6.61 Å². The molecule has 0 rings (SSSR count). The van der Waals surface area contributed by atoms with Crippen LogP contribution in [0.4, 0.5) is 4.79 Å². The molecule has 5 nitrogen and oxygen atoms in total. The van der Waals surface area contributed by atoms with E-state index in [0.717, 1.165) is 12.8 Å². The number of halogens is 1. The van der Waals surface area contributed by atoms with E-state index in [1.807, 2.05) is 12.2 Å². The Bertz CT molecular complexity index is 167. The Morgan fingerprint density at radius 3 is 2.79 bits per heavy atom. The molecule has 1 amide bonds. The van der Waals surface area contributed by atoms with Crippen molar-refractivity contribution in [3.05, 3.63) is 0 Å². The first-order chi connectivity index (χ1) is 6.57. The van der Waals surface area contributed by atoms with Crippen LogP contribution < -0.4 is 5.32 Å². The molecule has 0 heterocycles. The van der Waals surface area contributed by atoms with Gasteiger partial charge in [-0.2, -0.15) is 0 Å². The standard InChI is InChI=1S/C8H16ClNO4/c1-2-3-4-14-5-6(11)7(9)10-8(12)13/h6-7,10-11H,2-5H2,1H3,(H,12,13). The Hall–Kier alpha value is -0.520. The highest BCUT2D eigenvalue weighted by molar-refractivity contribution is 6.21. The van der Waals surface area contributed by atoms with E-state index in [2.05, 4.69) is 0 Å². The summed E-state index contributed by atoms with van der Waals surface area (Å²) in [6, 6.07) is 0. The van der Waals surface area contributed by atoms with Crippen LogP contribution in [-0.2, 0) is 4.74 Å². The van der Waals surface area contributed by atoms with E-state index in [1.165, 1.54) is 0 Å². The average molecular weight is 226 g/mol. The third-order valence-electron chi connectivity index (χ3n) is 1.53. The van der Waals surface area contributed by atoms with Gasteiger partial charge in [0.2, 0.25) is 0 Å². The highest BCUT2D eigenvalue weighted by Gasteiger charge is 2.17. The summed E-state index contributed by atoms with van der Waals surface area (Å²) in [4.78, 5) is 10.1. The predicted octanol–water partition coefficient (Wildman–Crippen LogP) is 0.997. The molecule has 0 aliphatic rings. The van der Waals surface area contributed by atoms with Gasteiger partial charge in [-0.3, -0.25) is 0 Å². The minimum absolute atomic E-state index is 0.0362. The van der Waals surface area contributed by atoms with Crippen LogP contribution in [0.2, 0.25) is 0 Å². The topological polar surface area (TPSA) is 78.8 Å². The van der Waals surface area contributed by atoms with E-state index in [4.69, 9.17) is 21.4 Å². The van der Waals surface area contributed by atoms with Crippen molar-refractivity contribution in [3.8, 4) is 0 Å². The molecule has 0 saturated heterocycles. The zero-order valence-electron chi connectivity index (χ0n) is 8.07. The minimum Gasteiger partial charge on any atom is -0.465 e. The van der Waals surface area contributed by atoms with Gasteiger partial charge in [-0.25, -0.2) is 4.79 Å². The first-order valence-electron chi connectivity index (χ1n) is 4.47. The molecule has 0 aliphatic heterocycles. The normalized spacial score (nSPS) is 14.8. The number of hydrogen-bond donors (Lipinski definition) is 3. The molecule has 0 spiro atoms. The molecule has 14 heavy (non-hydrogen) atoms. The van der Waals surface area contributed by atoms with Gasteiger partial charge in [-0.05, 0) is 6.42 Å². The monoisotopic (exact) mass is 225 g/mol. The largest absolute Gasteiger partial charge is 0.465 e. The highest BCUT2D eigenvalue weighted by atomic mass is 35.5. The fraction of sp³-hybridized carbons (Fsp3) is 0.875. The molecule has 6 heteroatoms. The molecule has 0 bridgehead atoms. The molecule has 0 aliphatic carbocycles. The van der Waals surface area contributed by atoms with E-state index in [-0.39, 0.29) is 6.61 Å². The summed E-state index contributed by atoms with van der Waals surface area (Å²) in [5, 5.41) is 19.5. The Morgan fingerprint density at radius 1 is 1.64 bits per heavy atom. The quantitative estimate of drug-likeness (QED) is 0.343. The smallest absolute Gasteiger partial charge is 0.405 e. The number of carbonyl (C=O) groups is 1. The Labute approximate surface area is 88.0 Å². The average Bonchev–Trinajstić information content (AvgIpc) is 2.11. The predicted molar refractivity (Wildman–Crippen MR) is 52.5 cm³/mol. The lowest BCUT2D eigenvalue weighted by molar-refractivity contribution is 0.0295. The number of alkyl halides is 1. The van der Waals surface area contributed by atoms with Crippen LogP contribution in [0.3, 0.4) is 0 Å². The SMILES string of the molecule is CCCCOCC(O)C(Cl)NC(=O)O. The molecule has 0 aromatic rings. The fourth-order valence-electron chi connectivity index (χ4n) is 0.749. The molecular weight excluding hydrogens is 210 g/mol. The lowest BCUT2D eigenvalue weighted by atomic mass is 10.3. The maximum Gasteiger partial charge on any atom is 0.405 e. The van der Waals surface area contributed by atoms with Gasteiger partial charge in [0.15, 0.2) is 0 Å². The van der Waals surface area contributed by atoms with Gasteiger partial charge in [0.05, 0.1) is 6.61 Å². The Balaban J connectivity index is 3.51. The number of unbranched alkanes of at least 4 members (excludes halogenated alkanes) is 1. The second-order valence-electron chi connectivity index (χ2n) is 2.85. The number of aliphatic hydroxyl groups is 1. The summed E-state index contributed by atoms with van der Waals surface area (Å²) in [5.41, 5.74) is -1.03. The summed E-state index contributed by atoms with van der Waals surface area (Å²) in [6.45, 7) is 2.61. The number of aliphatic hydroxyl groups excluding tert-OH is 1. The number of carboxylic acid groups (broad SMARTS) is 1. The molecule has 2 atom stereocenters. The number of ether oxygens (including phenoxy) is 1. The van der Waals surface area contributed by atoms with Crippen molar-refractivity contribution in [2.24, 2.45) is 0 Å². The van der Waals surface area contributed by atoms with Crippen molar-refractivity contribution in [2.75, 3.05) is 13.2 Å². The van der Waals surface area contributed by atoms with Crippen molar-refractivity contribution in [1.82, 2.24) is 5.32 Å². The van der Waals surface area contributed by atoms with Crippen LogP contribution in [0.15, 0.2) is 0 Å². The van der Waals surface area contributed by atoms with Crippen molar-refractivity contribution in [3.63, 3.8) is 0 Å². The highest BCUT2D eigenvalue weighted by Crippen LogP contribution is 2.00. The zero-order chi connectivity index (χ0) is 11.0. The van der Waals surface area contributed by atoms with Gasteiger partial charge < -0.3 is 20.3 Å². The number of nitrogens with one attached hydrogen (secondary N) is 1. The van der Waals surface area contributed by atoms with Crippen LogP contribution in [0.25, 0.3) is 0 Å². The third kappa shape index (κ3) is 6.94.